The number of primary amides is 1. The molecule has 0 aliphatic heterocycles. The van der Waals surface area contributed by atoms with Crippen LogP contribution in [0.2, 0.25) is 0 Å². The smallest absolute Gasteiger partial charge is 0.244 e. The van der Waals surface area contributed by atoms with Gasteiger partial charge in [-0.3, -0.25) is 24.0 Å². The predicted molar refractivity (Wildman–Crippen MR) is 187 cm³/mol. The molecule has 0 spiro atoms. The molecule has 0 saturated heterocycles. The van der Waals surface area contributed by atoms with Crippen molar-refractivity contribution in [3.8, 4) is 0 Å². The number of hydrogen-bond acceptors (Lipinski definition) is 7. The molecule has 48 heavy (non-hydrogen) atoms. The summed E-state index contributed by atoms with van der Waals surface area (Å²) in [6.07, 6.45) is 9.90. The van der Waals surface area contributed by atoms with Gasteiger partial charge in [-0.1, -0.05) is 72.8 Å². The van der Waals surface area contributed by atoms with Crippen molar-refractivity contribution < 1.29 is 24.0 Å². The highest BCUT2D eigenvalue weighted by Crippen LogP contribution is 2.09. The van der Waals surface area contributed by atoms with Crippen molar-refractivity contribution in [2.75, 3.05) is 13.1 Å². The van der Waals surface area contributed by atoms with E-state index in [-0.39, 0.29) is 5.91 Å². The summed E-state index contributed by atoms with van der Waals surface area (Å²) >= 11 is 0. The summed E-state index contributed by atoms with van der Waals surface area (Å²) in [4.78, 5) is 63.1. The third-order valence-electron chi connectivity index (χ3n) is 7.46. The molecule has 260 valence electrons. The molecule has 0 heterocycles. The molecule has 4 atom stereocenters. The number of nitrogens with two attached hydrogens (primary N) is 3. The molecule has 10 N–H and O–H groups in total. The van der Waals surface area contributed by atoms with E-state index in [0.29, 0.717) is 64.5 Å². The zero-order chi connectivity index (χ0) is 35.1. The Morgan fingerprint density at radius 2 is 1.06 bits per heavy atom. The maximum atomic E-state index is 13.6. The van der Waals surface area contributed by atoms with E-state index >= 15 is 0 Å². The van der Waals surface area contributed by atoms with E-state index in [2.05, 4.69) is 21.3 Å². The Morgan fingerprint density at radius 3 is 1.50 bits per heavy atom. The summed E-state index contributed by atoms with van der Waals surface area (Å²) in [5.74, 6) is -2.33. The first-order chi connectivity index (χ1) is 23.1. The molecule has 12 heteroatoms. The first-order valence-corrected chi connectivity index (χ1v) is 16.4. The van der Waals surface area contributed by atoms with Gasteiger partial charge in [-0.25, -0.2) is 0 Å². The molecule has 2 aromatic rings. The number of carbonyl (C=O) groups is 5. The molecular weight excluding hydrogens is 610 g/mol. The number of rotatable bonds is 22. The predicted octanol–water partition coefficient (Wildman–Crippen LogP) is 1.29. The van der Waals surface area contributed by atoms with Crippen LogP contribution in [0.3, 0.4) is 0 Å². The number of hydrogen-bond donors (Lipinski definition) is 7. The average molecular weight is 662 g/mol. The van der Waals surface area contributed by atoms with Gasteiger partial charge < -0.3 is 38.5 Å². The van der Waals surface area contributed by atoms with Gasteiger partial charge in [-0.05, 0) is 75.6 Å². The number of unbranched alkanes of at least 4 members (excludes halogenated alkanes) is 2. The molecule has 12 nitrogen and oxygen atoms in total. The minimum Gasteiger partial charge on any atom is -0.368 e. The summed E-state index contributed by atoms with van der Waals surface area (Å²) in [5.41, 5.74) is 18.6. The molecule has 0 aliphatic carbocycles. The van der Waals surface area contributed by atoms with Crippen molar-refractivity contribution in [3.63, 3.8) is 0 Å². The molecule has 0 fully saturated rings. The van der Waals surface area contributed by atoms with Gasteiger partial charge in [0.15, 0.2) is 0 Å². The summed E-state index contributed by atoms with van der Waals surface area (Å²) in [6.45, 7) is 2.32. The van der Waals surface area contributed by atoms with Gasteiger partial charge in [0.2, 0.25) is 29.5 Å². The van der Waals surface area contributed by atoms with Crippen LogP contribution in [0.4, 0.5) is 0 Å². The average Bonchev–Trinajstić information content (AvgIpc) is 3.06. The van der Waals surface area contributed by atoms with Gasteiger partial charge in [-0.15, -0.1) is 0 Å². The lowest BCUT2D eigenvalue weighted by Gasteiger charge is -2.22. The molecule has 0 saturated carbocycles. The van der Waals surface area contributed by atoms with Crippen LogP contribution in [0.25, 0.3) is 0 Å². The SMILES string of the molecule is CC(=O)N[C@H](/C=C/C(=O)N[C@@H](CCCCN)C(=O)N[C@H](/C=C/C(=O)N[C@@H](CCCCN)C(N)=O)Cc1ccccc1)Cc1ccccc1. The molecular formula is C36H51N7O5. The van der Waals surface area contributed by atoms with Gasteiger partial charge in [-0.2, -0.15) is 0 Å². The highest BCUT2D eigenvalue weighted by Gasteiger charge is 2.23. The second-order valence-electron chi connectivity index (χ2n) is 11.6. The maximum Gasteiger partial charge on any atom is 0.244 e. The lowest BCUT2D eigenvalue weighted by molar-refractivity contribution is -0.127. The second kappa shape index (κ2) is 22.7. The quantitative estimate of drug-likeness (QED) is 0.0725. The molecule has 0 bridgehead atoms. The molecule has 2 rings (SSSR count). The van der Waals surface area contributed by atoms with E-state index in [9.17, 15) is 24.0 Å². The molecule has 0 radical (unpaired) electrons. The number of benzene rings is 2. The molecule has 0 aromatic heterocycles. The van der Waals surface area contributed by atoms with Crippen molar-refractivity contribution in [2.24, 2.45) is 17.2 Å². The Labute approximate surface area is 283 Å². The van der Waals surface area contributed by atoms with Gasteiger partial charge >= 0.3 is 0 Å². The number of amides is 5. The standard InChI is InChI=1S/C36H51N7O5/c1-26(44)40-29(24-27-12-4-2-5-13-27)18-20-34(46)43-32(17-9-11-23-38)36(48)41-30(25-28-14-6-3-7-15-28)19-21-33(45)42-31(35(39)47)16-8-10-22-37/h2-7,12-15,18-21,29-32H,8-11,16-17,22-25,37-38H2,1H3,(H2,39,47)(H,40,44)(H,41,48)(H,42,45)(H,43,46)/b20-18+,21-19+/t29-,30-,31+,32+/m1/s1. The van der Waals surface area contributed by atoms with Crippen LogP contribution < -0.4 is 38.5 Å². The van der Waals surface area contributed by atoms with Crippen LogP contribution in [0.1, 0.15) is 56.6 Å². The second-order valence-corrected chi connectivity index (χ2v) is 11.6. The van der Waals surface area contributed by atoms with Crippen molar-refractivity contribution in [3.05, 3.63) is 96.1 Å². The molecule has 0 aliphatic rings. The fourth-order valence-corrected chi connectivity index (χ4v) is 5.00. The molecule has 2 aromatic carbocycles. The van der Waals surface area contributed by atoms with E-state index in [1.165, 1.54) is 19.1 Å². The zero-order valence-electron chi connectivity index (χ0n) is 27.7. The van der Waals surface area contributed by atoms with Crippen molar-refractivity contribution in [2.45, 2.75) is 82.5 Å². The van der Waals surface area contributed by atoms with E-state index in [1.807, 2.05) is 60.7 Å². The van der Waals surface area contributed by atoms with Gasteiger partial charge in [0.25, 0.3) is 0 Å². The van der Waals surface area contributed by atoms with E-state index in [1.54, 1.807) is 12.2 Å². The summed E-state index contributed by atoms with van der Waals surface area (Å²) in [6, 6.07) is 16.2. The first kappa shape index (κ1) is 39.4. The first-order valence-electron chi connectivity index (χ1n) is 16.4. The Morgan fingerprint density at radius 1 is 0.625 bits per heavy atom. The Kier molecular flexibility index (Phi) is 18.6. The van der Waals surface area contributed by atoms with Crippen LogP contribution >= 0.6 is 0 Å². The Hall–Kier alpha value is -4.81. The third kappa shape index (κ3) is 16.7. The summed E-state index contributed by atoms with van der Waals surface area (Å²) in [7, 11) is 0. The van der Waals surface area contributed by atoms with Crippen molar-refractivity contribution >= 4 is 29.5 Å². The van der Waals surface area contributed by atoms with Crippen molar-refractivity contribution in [1.82, 2.24) is 21.3 Å². The highest BCUT2D eigenvalue weighted by atomic mass is 16.2. The van der Waals surface area contributed by atoms with Crippen LogP contribution in [-0.2, 0) is 36.8 Å². The lowest BCUT2D eigenvalue weighted by atomic mass is 10.0. The Bertz CT molecular complexity index is 1350. The van der Waals surface area contributed by atoms with Crippen LogP contribution in [0, 0.1) is 0 Å². The Balaban J connectivity index is 2.18. The van der Waals surface area contributed by atoms with E-state index in [4.69, 9.17) is 17.2 Å². The normalized spacial score (nSPS) is 13.7. The van der Waals surface area contributed by atoms with Gasteiger partial charge in [0, 0.05) is 19.1 Å². The minimum absolute atomic E-state index is 0.233. The van der Waals surface area contributed by atoms with E-state index < -0.39 is 47.8 Å². The summed E-state index contributed by atoms with van der Waals surface area (Å²) in [5, 5.41) is 11.2. The van der Waals surface area contributed by atoms with Crippen LogP contribution in [0.15, 0.2) is 85.0 Å². The number of nitrogens with one attached hydrogen (secondary N) is 4. The largest absolute Gasteiger partial charge is 0.368 e. The van der Waals surface area contributed by atoms with E-state index in [0.717, 1.165) is 11.1 Å². The maximum absolute atomic E-state index is 13.6. The topological polar surface area (TPSA) is 212 Å². The highest BCUT2D eigenvalue weighted by molar-refractivity contribution is 5.94. The monoisotopic (exact) mass is 661 g/mol. The fraction of sp³-hybridized carbons (Fsp3) is 0.417. The minimum atomic E-state index is -0.885. The van der Waals surface area contributed by atoms with Crippen LogP contribution in [-0.4, -0.2) is 66.8 Å². The fourth-order valence-electron chi connectivity index (χ4n) is 5.00. The van der Waals surface area contributed by atoms with Crippen molar-refractivity contribution in [1.29, 1.82) is 0 Å². The molecule has 0 unspecified atom stereocenters. The third-order valence-corrected chi connectivity index (χ3v) is 7.46. The lowest BCUT2D eigenvalue weighted by Crippen LogP contribution is -2.49. The zero-order valence-corrected chi connectivity index (χ0v) is 27.7. The number of carbonyl (C=O) groups excluding carboxylic acids is 5. The van der Waals surface area contributed by atoms with Gasteiger partial charge in [0.05, 0.1) is 12.1 Å². The van der Waals surface area contributed by atoms with Gasteiger partial charge in [0.1, 0.15) is 12.1 Å². The molecule has 5 amide bonds. The van der Waals surface area contributed by atoms with Crippen LogP contribution in [0.5, 0.6) is 0 Å². The summed E-state index contributed by atoms with van der Waals surface area (Å²) < 4.78 is 0.